The fourth-order valence-corrected chi connectivity index (χ4v) is 3.67. The first-order valence-electron chi connectivity index (χ1n) is 9.42. The Morgan fingerprint density at radius 2 is 1.89 bits per heavy atom. The number of benzene rings is 2. The van der Waals surface area contributed by atoms with Gasteiger partial charge in [-0.2, -0.15) is 0 Å². The number of nitrogens with zero attached hydrogens (tertiary/aromatic N) is 3. The summed E-state index contributed by atoms with van der Waals surface area (Å²) in [5.74, 6) is 1.09. The zero-order chi connectivity index (χ0) is 19.5. The lowest BCUT2D eigenvalue weighted by molar-refractivity contribution is 0.112. The molecular formula is C22H22ClN3O2. The average molecular weight is 396 g/mol. The summed E-state index contributed by atoms with van der Waals surface area (Å²) in [6, 6.07) is 12.7. The van der Waals surface area contributed by atoms with Crippen LogP contribution in [0.5, 0.6) is 11.5 Å². The molecule has 2 aromatic carbocycles. The molecule has 0 N–H and O–H groups in total. The van der Waals surface area contributed by atoms with Crippen LogP contribution in [0.2, 0.25) is 5.02 Å². The van der Waals surface area contributed by atoms with Gasteiger partial charge in [0.1, 0.15) is 11.5 Å². The van der Waals surface area contributed by atoms with Crippen molar-refractivity contribution in [2.75, 3.05) is 13.1 Å². The van der Waals surface area contributed by atoms with Crippen LogP contribution in [0.1, 0.15) is 34.6 Å². The topological polar surface area (TPSA) is 47.4 Å². The van der Waals surface area contributed by atoms with Gasteiger partial charge in [0.2, 0.25) is 0 Å². The van der Waals surface area contributed by atoms with Crippen molar-refractivity contribution in [3.8, 4) is 17.2 Å². The molecule has 0 atom stereocenters. The first kappa shape index (κ1) is 18.7. The van der Waals surface area contributed by atoms with Crippen LogP contribution in [0.3, 0.4) is 0 Å². The van der Waals surface area contributed by atoms with Crippen LogP contribution in [-0.2, 0) is 6.54 Å². The molecule has 0 spiro atoms. The third-order valence-corrected chi connectivity index (χ3v) is 5.36. The van der Waals surface area contributed by atoms with Crippen LogP contribution in [-0.4, -0.2) is 33.8 Å². The highest BCUT2D eigenvalue weighted by atomic mass is 35.5. The van der Waals surface area contributed by atoms with Crippen LogP contribution in [0.25, 0.3) is 5.69 Å². The molecule has 5 nitrogen and oxygen atoms in total. The number of aromatic nitrogens is 2. The predicted octanol–water partition coefficient (Wildman–Crippen LogP) is 5.03. The van der Waals surface area contributed by atoms with Gasteiger partial charge < -0.3 is 9.30 Å². The van der Waals surface area contributed by atoms with Crippen molar-refractivity contribution in [2.24, 2.45) is 0 Å². The molecule has 4 rings (SSSR count). The Morgan fingerprint density at radius 3 is 2.61 bits per heavy atom. The van der Waals surface area contributed by atoms with Crippen molar-refractivity contribution in [3.05, 3.63) is 70.8 Å². The van der Waals surface area contributed by atoms with Gasteiger partial charge in [-0.3, -0.25) is 9.69 Å². The first-order valence-corrected chi connectivity index (χ1v) is 9.80. The highest BCUT2D eigenvalue weighted by molar-refractivity contribution is 6.30. The quantitative estimate of drug-likeness (QED) is 0.549. The van der Waals surface area contributed by atoms with Gasteiger partial charge in [-0.05, 0) is 69.3 Å². The minimum atomic E-state index is 0.446. The summed E-state index contributed by atoms with van der Waals surface area (Å²) in [5, 5.41) is 0.525. The maximum atomic E-state index is 11.2. The summed E-state index contributed by atoms with van der Waals surface area (Å²) in [7, 11) is 0. The lowest BCUT2D eigenvalue weighted by atomic mass is 10.2. The van der Waals surface area contributed by atoms with Gasteiger partial charge in [0, 0.05) is 29.0 Å². The number of hydrogen-bond acceptors (Lipinski definition) is 4. The monoisotopic (exact) mass is 395 g/mol. The number of carbonyl (C=O) groups is 1. The van der Waals surface area contributed by atoms with Crippen molar-refractivity contribution in [3.63, 3.8) is 0 Å². The molecule has 2 heterocycles. The van der Waals surface area contributed by atoms with E-state index in [-0.39, 0.29) is 0 Å². The predicted molar refractivity (Wildman–Crippen MR) is 110 cm³/mol. The molecule has 1 aliphatic rings. The minimum Gasteiger partial charge on any atom is -0.457 e. The van der Waals surface area contributed by atoms with Crippen molar-refractivity contribution in [1.82, 2.24) is 14.5 Å². The largest absolute Gasteiger partial charge is 0.457 e. The molecule has 0 radical (unpaired) electrons. The lowest BCUT2D eigenvalue weighted by Crippen LogP contribution is -2.19. The zero-order valence-corrected chi connectivity index (χ0v) is 16.5. The second-order valence-corrected chi connectivity index (χ2v) is 7.46. The Hall–Kier alpha value is -2.63. The molecule has 1 fully saturated rings. The van der Waals surface area contributed by atoms with Gasteiger partial charge in [0.15, 0.2) is 6.29 Å². The van der Waals surface area contributed by atoms with E-state index in [2.05, 4.69) is 21.4 Å². The van der Waals surface area contributed by atoms with Gasteiger partial charge in [-0.1, -0.05) is 11.6 Å². The van der Waals surface area contributed by atoms with Gasteiger partial charge >= 0.3 is 0 Å². The highest BCUT2D eigenvalue weighted by Crippen LogP contribution is 2.28. The van der Waals surface area contributed by atoms with Crippen LogP contribution in [0, 0.1) is 6.92 Å². The van der Waals surface area contributed by atoms with Crippen molar-refractivity contribution in [1.29, 1.82) is 0 Å². The van der Waals surface area contributed by atoms with Gasteiger partial charge in [-0.15, -0.1) is 0 Å². The van der Waals surface area contributed by atoms with Gasteiger partial charge in [0.25, 0.3) is 0 Å². The number of imidazole rings is 1. The third-order valence-electron chi connectivity index (χ3n) is 5.13. The molecule has 1 aliphatic heterocycles. The summed E-state index contributed by atoms with van der Waals surface area (Å²) in [6.45, 7) is 5.32. The number of likely N-dealkylation sites (tertiary alicyclic amines) is 1. The number of ether oxygens (including phenoxy) is 1. The standard InChI is InChI=1S/C22H22ClN3O2/c1-16-21(13-25-10-2-3-11-25)24-15-26(16)19-6-8-20(9-7-19)28-22-12-18(23)5-4-17(22)14-27/h4-9,12,14-15H,2-3,10-11,13H2,1H3. The minimum absolute atomic E-state index is 0.446. The van der Waals surface area contributed by atoms with Gasteiger partial charge in [0.05, 0.1) is 17.6 Å². The lowest BCUT2D eigenvalue weighted by Gasteiger charge is -2.14. The molecule has 1 saturated heterocycles. The number of halogens is 1. The molecule has 0 aliphatic carbocycles. The summed E-state index contributed by atoms with van der Waals surface area (Å²) < 4.78 is 7.94. The van der Waals surface area contributed by atoms with E-state index >= 15 is 0 Å². The Balaban J connectivity index is 1.51. The smallest absolute Gasteiger partial charge is 0.153 e. The van der Waals surface area contributed by atoms with E-state index in [0.29, 0.717) is 22.1 Å². The molecule has 0 amide bonds. The highest BCUT2D eigenvalue weighted by Gasteiger charge is 2.16. The molecule has 144 valence electrons. The summed E-state index contributed by atoms with van der Waals surface area (Å²) in [5.41, 5.74) is 3.76. The first-order chi connectivity index (χ1) is 13.6. The molecular weight excluding hydrogens is 374 g/mol. The molecule has 0 unspecified atom stereocenters. The summed E-state index contributed by atoms with van der Waals surface area (Å²) in [6.07, 6.45) is 5.19. The van der Waals surface area contributed by atoms with E-state index < -0.39 is 0 Å². The van der Waals surface area contributed by atoms with Crippen LogP contribution < -0.4 is 4.74 Å². The zero-order valence-electron chi connectivity index (χ0n) is 15.8. The van der Waals surface area contributed by atoms with E-state index in [1.165, 1.54) is 12.8 Å². The van der Waals surface area contributed by atoms with Crippen molar-refractivity contribution >= 4 is 17.9 Å². The third kappa shape index (κ3) is 3.96. The molecule has 0 saturated carbocycles. The van der Waals surface area contributed by atoms with Gasteiger partial charge in [-0.25, -0.2) is 4.98 Å². The van der Waals surface area contributed by atoms with E-state index in [9.17, 15) is 4.79 Å². The molecule has 0 bridgehead atoms. The van der Waals surface area contributed by atoms with Crippen LogP contribution in [0.4, 0.5) is 0 Å². The van der Waals surface area contributed by atoms with Crippen molar-refractivity contribution < 1.29 is 9.53 Å². The second-order valence-electron chi connectivity index (χ2n) is 7.03. The number of carbonyl (C=O) groups excluding carboxylic acids is 1. The van der Waals surface area contributed by atoms with Crippen LogP contribution >= 0.6 is 11.6 Å². The molecule has 1 aromatic heterocycles. The Labute approximate surface area is 169 Å². The second kappa shape index (κ2) is 8.17. The normalized spacial score (nSPS) is 14.4. The van der Waals surface area contributed by atoms with E-state index in [4.69, 9.17) is 16.3 Å². The molecule has 3 aromatic rings. The Bertz CT molecular complexity index is 976. The molecule has 28 heavy (non-hydrogen) atoms. The number of hydrogen-bond donors (Lipinski definition) is 0. The summed E-state index contributed by atoms with van der Waals surface area (Å²) in [4.78, 5) is 18.3. The fraction of sp³-hybridized carbons (Fsp3) is 0.273. The Morgan fingerprint density at radius 1 is 1.14 bits per heavy atom. The van der Waals surface area contributed by atoms with Crippen molar-refractivity contribution in [2.45, 2.75) is 26.3 Å². The Kier molecular flexibility index (Phi) is 5.46. The maximum absolute atomic E-state index is 11.2. The summed E-state index contributed by atoms with van der Waals surface area (Å²) >= 11 is 6.02. The van der Waals surface area contributed by atoms with E-state index in [0.717, 1.165) is 43.0 Å². The maximum Gasteiger partial charge on any atom is 0.153 e. The van der Waals surface area contributed by atoms with Crippen LogP contribution in [0.15, 0.2) is 48.8 Å². The van der Waals surface area contributed by atoms with E-state index in [1.807, 2.05) is 30.6 Å². The fourth-order valence-electron chi connectivity index (χ4n) is 3.51. The SMILES string of the molecule is Cc1c(CN2CCCC2)ncn1-c1ccc(Oc2cc(Cl)ccc2C=O)cc1. The number of aldehydes is 1. The molecule has 6 heteroatoms. The average Bonchev–Trinajstić information content (AvgIpc) is 3.34. The number of rotatable bonds is 6. The van der Waals surface area contributed by atoms with E-state index in [1.54, 1.807) is 18.2 Å².